The van der Waals surface area contributed by atoms with Crippen LogP contribution < -0.4 is 10.1 Å². The summed E-state index contributed by atoms with van der Waals surface area (Å²) in [7, 11) is 3.61. The highest BCUT2D eigenvalue weighted by atomic mass is 16.5. The minimum atomic E-state index is 0.118. The molecule has 0 saturated carbocycles. The Kier molecular flexibility index (Phi) is 5.15. The molecule has 0 radical (unpaired) electrons. The summed E-state index contributed by atoms with van der Waals surface area (Å²) in [5, 5.41) is 3.11. The lowest BCUT2D eigenvalue weighted by atomic mass is 10.2. The fraction of sp³-hybridized carbons (Fsp3) is 0.500. The van der Waals surface area contributed by atoms with E-state index in [0.717, 1.165) is 12.3 Å². The van der Waals surface area contributed by atoms with Gasteiger partial charge in [-0.1, -0.05) is 18.2 Å². The van der Waals surface area contributed by atoms with Crippen LogP contribution in [0.3, 0.4) is 0 Å². The van der Waals surface area contributed by atoms with E-state index in [1.807, 2.05) is 32.2 Å². The molecule has 0 spiro atoms. The highest BCUT2D eigenvalue weighted by Crippen LogP contribution is 2.17. The van der Waals surface area contributed by atoms with Crippen molar-refractivity contribution in [3.8, 4) is 5.75 Å². The van der Waals surface area contributed by atoms with Gasteiger partial charge in [0, 0.05) is 19.2 Å². The highest BCUT2D eigenvalue weighted by Gasteiger charge is 2.04. The van der Waals surface area contributed by atoms with Crippen molar-refractivity contribution in [3.63, 3.8) is 0 Å². The molecule has 1 unspecified atom stereocenters. The molecule has 1 atom stereocenters. The van der Waals surface area contributed by atoms with Crippen LogP contribution in [-0.2, 0) is 11.3 Å². The number of hydrogen-bond donors (Lipinski definition) is 1. The molecule has 0 amide bonds. The van der Waals surface area contributed by atoms with Gasteiger partial charge in [0.15, 0.2) is 0 Å². The van der Waals surface area contributed by atoms with Gasteiger partial charge < -0.3 is 14.8 Å². The van der Waals surface area contributed by atoms with E-state index in [1.54, 1.807) is 7.11 Å². The molecule has 0 bridgehead atoms. The molecule has 15 heavy (non-hydrogen) atoms. The first-order valence-corrected chi connectivity index (χ1v) is 5.16. The van der Waals surface area contributed by atoms with Crippen molar-refractivity contribution >= 4 is 0 Å². The zero-order chi connectivity index (χ0) is 11.1. The summed E-state index contributed by atoms with van der Waals surface area (Å²) in [6, 6.07) is 8.03. The smallest absolute Gasteiger partial charge is 0.123 e. The molecule has 1 aromatic carbocycles. The lowest BCUT2D eigenvalue weighted by molar-refractivity contribution is 0.0713. The number of ether oxygens (including phenoxy) is 2. The second-order valence-electron chi connectivity index (χ2n) is 3.50. The number of hydrogen-bond acceptors (Lipinski definition) is 3. The van der Waals surface area contributed by atoms with Crippen LogP contribution in [0.25, 0.3) is 0 Å². The molecular weight excluding hydrogens is 190 g/mol. The lowest BCUT2D eigenvalue weighted by Crippen LogP contribution is -2.17. The molecule has 0 aromatic heterocycles. The number of benzene rings is 1. The van der Waals surface area contributed by atoms with Gasteiger partial charge in [0.25, 0.3) is 0 Å². The normalized spacial score (nSPS) is 12.5. The van der Waals surface area contributed by atoms with Crippen molar-refractivity contribution < 1.29 is 9.47 Å². The maximum absolute atomic E-state index is 5.68. The van der Waals surface area contributed by atoms with E-state index in [9.17, 15) is 0 Å². The first kappa shape index (κ1) is 12.0. The van der Waals surface area contributed by atoms with Crippen molar-refractivity contribution in [2.24, 2.45) is 0 Å². The van der Waals surface area contributed by atoms with E-state index in [2.05, 4.69) is 11.4 Å². The first-order valence-electron chi connectivity index (χ1n) is 5.16. The average Bonchev–Trinajstić information content (AvgIpc) is 2.28. The van der Waals surface area contributed by atoms with Gasteiger partial charge in [0.1, 0.15) is 12.4 Å². The van der Waals surface area contributed by atoms with Crippen LogP contribution in [-0.4, -0.2) is 26.9 Å². The fourth-order valence-electron chi connectivity index (χ4n) is 1.26. The molecule has 1 rings (SSSR count). The maximum atomic E-state index is 5.68. The molecule has 1 N–H and O–H groups in total. The molecule has 3 heteroatoms. The van der Waals surface area contributed by atoms with E-state index in [-0.39, 0.29) is 6.10 Å². The zero-order valence-corrected chi connectivity index (χ0v) is 9.62. The van der Waals surface area contributed by atoms with E-state index in [4.69, 9.17) is 9.47 Å². The third kappa shape index (κ3) is 3.90. The monoisotopic (exact) mass is 209 g/mol. The third-order valence-electron chi connectivity index (χ3n) is 2.22. The molecule has 0 aliphatic heterocycles. The number of rotatable bonds is 6. The van der Waals surface area contributed by atoms with Crippen LogP contribution in [0.5, 0.6) is 5.75 Å². The van der Waals surface area contributed by atoms with Gasteiger partial charge in [-0.05, 0) is 20.0 Å². The molecule has 0 aliphatic rings. The Morgan fingerprint density at radius 3 is 2.73 bits per heavy atom. The third-order valence-corrected chi connectivity index (χ3v) is 2.22. The predicted octanol–water partition coefficient (Wildman–Crippen LogP) is 1.82. The van der Waals surface area contributed by atoms with E-state index in [0.29, 0.717) is 6.61 Å². The molecule has 84 valence electrons. The second kappa shape index (κ2) is 6.43. The summed E-state index contributed by atoms with van der Waals surface area (Å²) in [6.07, 6.45) is 0.118. The van der Waals surface area contributed by atoms with Crippen molar-refractivity contribution in [2.45, 2.75) is 19.6 Å². The van der Waals surface area contributed by atoms with Crippen LogP contribution in [0.4, 0.5) is 0 Å². The summed E-state index contributed by atoms with van der Waals surface area (Å²) < 4.78 is 10.8. The summed E-state index contributed by atoms with van der Waals surface area (Å²) >= 11 is 0. The molecule has 1 aromatic rings. The number of nitrogens with one attached hydrogen (secondary N) is 1. The quantitative estimate of drug-likeness (QED) is 0.775. The Bertz CT molecular complexity index is 289. The Labute approximate surface area is 91.4 Å². The Morgan fingerprint density at radius 2 is 2.07 bits per heavy atom. The topological polar surface area (TPSA) is 30.5 Å². The first-order chi connectivity index (χ1) is 7.27. The minimum Gasteiger partial charge on any atom is -0.491 e. The van der Waals surface area contributed by atoms with Crippen LogP contribution in [0.2, 0.25) is 0 Å². The highest BCUT2D eigenvalue weighted by molar-refractivity contribution is 5.33. The maximum Gasteiger partial charge on any atom is 0.123 e. The van der Waals surface area contributed by atoms with Crippen molar-refractivity contribution in [3.05, 3.63) is 29.8 Å². The summed E-state index contributed by atoms with van der Waals surface area (Å²) in [4.78, 5) is 0. The summed E-state index contributed by atoms with van der Waals surface area (Å²) in [5.41, 5.74) is 1.17. The average molecular weight is 209 g/mol. The van der Waals surface area contributed by atoms with Crippen molar-refractivity contribution in [2.75, 3.05) is 20.8 Å². The standard InChI is InChI=1S/C12H19NO2/c1-10(14-3)9-15-12-7-5-4-6-11(12)8-13-2/h4-7,10,13H,8-9H2,1-3H3. The minimum absolute atomic E-state index is 0.118. The van der Waals surface area contributed by atoms with Crippen LogP contribution in [0.1, 0.15) is 12.5 Å². The van der Waals surface area contributed by atoms with Gasteiger partial charge in [-0.25, -0.2) is 0 Å². The van der Waals surface area contributed by atoms with Gasteiger partial charge in [-0.15, -0.1) is 0 Å². The predicted molar refractivity (Wildman–Crippen MR) is 61.2 cm³/mol. The van der Waals surface area contributed by atoms with Crippen molar-refractivity contribution in [1.82, 2.24) is 5.32 Å². The largest absolute Gasteiger partial charge is 0.491 e. The Morgan fingerprint density at radius 1 is 1.33 bits per heavy atom. The molecule has 0 fully saturated rings. The van der Waals surface area contributed by atoms with Gasteiger partial charge in [0.05, 0.1) is 6.10 Å². The molecule has 0 heterocycles. The fourth-order valence-corrected chi connectivity index (χ4v) is 1.26. The lowest BCUT2D eigenvalue weighted by Gasteiger charge is -2.14. The summed E-state index contributed by atoms with van der Waals surface area (Å²) in [5.74, 6) is 0.927. The van der Waals surface area contributed by atoms with E-state index in [1.165, 1.54) is 5.56 Å². The summed E-state index contributed by atoms with van der Waals surface area (Å²) in [6.45, 7) is 3.38. The van der Waals surface area contributed by atoms with Crippen LogP contribution in [0.15, 0.2) is 24.3 Å². The molecular formula is C12H19NO2. The molecule has 3 nitrogen and oxygen atoms in total. The van der Waals surface area contributed by atoms with Gasteiger partial charge in [-0.2, -0.15) is 0 Å². The Balaban J connectivity index is 2.58. The SMILES string of the molecule is CNCc1ccccc1OCC(C)OC. The van der Waals surface area contributed by atoms with Gasteiger partial charge in [0.2, 0.25) is 0 Å². The molecule has 0 aliphatic carbocycles. The van der Waals surface area contributed by atoms with Crippen LogP contribution in [0, 0.1) is 0 Å². The van der Waals surface area contributed by atoms with Crippen LogP contribution >= 0.6 is 0 Å². The van der Waals surface area contributed by atoms with Crippen molar-refractivity contribution in [1.29, 1.82) is 0 Å². The number of methoxy groups -OCH3 is 1. The van der Waals surface area contributed by atoms with E-state index < -0.39 is 0 Å². The van der Waals surface area contributed by atoms with Gasteiger partial charge >= 0.3 is 0 Å². The second-order valence-corrected chi connectivity index (χ2v) is 3.50. The number of para-hydroxylation sites is 1. The molecule has 0 saturated heterocycles. The van der Waals surface area contributed by atoms with E-state index >= 15 is 0 Å². The zero-order valence-electron chi connectivity index (χ0n) is 9.62. The Hall–Kier alpha value is -1.06. The van der Waals surface area contributed by atoms with Gasteiger partial charge in [-0.3, -0.25) is 0 Å².